The standard InChI is InChI=1S/C25H26ClN2O7P/c1-15(18-11-7-9-16-8-5-6-10-19(16)18)27-22(29)17-12-13-20(21(26)14-17)23(30)28-24(25(31)33-2)36(32,34-3)35-4/h5-15,24H,1-4H3,(H,27,29)(H,28,30)/t15-,24+/m1/s1. The van der Waals surface area contributed by atoms with Crippen LogP contribution in [0.1, 0.15) is 39.2 Å². The number of ether oxygens (including phenoxy) is 1. The van der Waals surface area contributed by atoms with Gasteiger partial charge in [0.2, 0.25) is 5.78 Å². The minimum absolute atomic E-state index is 0.0498. The molecule has 0 saturated heterocycles. The van der Waals surface area contributed by atoms with Gasteiger partial charge in [0.25, 0.3) is 11.8 Å². The Hall–Kier alpha value is -3.23. The van der Waals surface area contributed by atoms with Crippen molar-refractivity contribution in [3.05, 3.63) is 82.4 Å². The van der Waals surface area contributed by atoms with Crippen LogP contribution in [-0.4, -0.2) is 44.9 Å². The molecule has 2 N–H and O–H groups in total. The first-order valence-electron chi connectivity index (χ1n) is 10.8. The lowest BCUT2D eigenvalue weighted by molar-refractivity contribution is -0.141. The van der Waals surface area contributed by atoms with Crippen LogP contribution < -0.4 is 10.6 Å². The van der Waals surface area contributed by atoms with Gasteiger partial charge in [-0.05, 0) is 41.5 Å². The van der Waals surface area contributed by atoms with E-state index in [4.69, 9.17) is 20.6 Å². The van der Waals surface area contributed by atoms with Gasteiger partial charge in [-0.1, -0.05) is 54.1 Å². The van der Waals surface area contributed by atoms with Gasteiger partial charge in [-0.3, -0.25) is 14.2 Å². The van der Waals surface area contributed by atoms with Gasteiger partial charge in [0.1, 0.15) is 0 Å². The van der Waals surface area contributed by atoms with Crippen LogP contribution in [0.5, 0.6) is 0 Å². The summed E-state index contributed by atoms with van der Waals surface area (Å²) in [6.07, 6.45) is 0. The Morgan fingerprint density at radius 2 is 1.56 bits per heavy atom. The highest BCUT2D eigenvalue weighted by atomic mass is 35.5. The number of halogens is 1. The maximum atomic E-state index is 12.9. The summed E-state index contributed by atoms with van der Waals surface area (Å²) in [5.74, 6) is -3.96. The Morgan fingerprint density at radius 3 is 2.19 bits per heavy atom. The molecule has 2 amide bonds. The number of rotatable bonds is 9. The largest absolute Gasteiger partial charge is 0.467 e. The molecule has 0 bridgehead atoms. The van der Waals surface area contributed by atoms with Gasteiger partial charge in [0, 0.05) is 19.8 Å². The van der Waals surface area contributed by atoms with Crippen molar-refractivity contribution in [3.8, 4) is 0 Å². The predicted octanol–water partition coefficient (Wildman–Crippen LogP) is 4.70. The third-order valence-electron chi connectivity index (χ3n) is 5.63. The fraction of sp³-hybridized carbons (Fsp3) is 0.240. The van der Waals surface area contributed by atoms with E-state index in [9.17, 15) is 18.9 Å². The minimum atomic E-state index is -4.06. The molecular formula is C25H26ClN2O7P. The SMILES string of the molecule is COC(=O)[C@@H](NC(=O)c1ccc(C(=O)N[C@H](C)c2cccc3ccccc23)cc1Cl)P(=O)(OC)OC. The third kappa shape index (κ3) is 5.77. The van der Waals surface area contributed by atoms with Crippen molar-refractivity contribution >= 4 is 47.8 Å². The monoisotopic (exact) mass is 532 g/mol. The quantitative estimate of drug-likeness (QED) is 0.303. The van der Waals surface area contributed by atoms with Crippen LogP contribution in [0.3, 0.4) is 0 Å². The fourth-order valence-electron chi connectivity index (χ4n) is 3.69. The molecule has 0 aliphatic rings. The summed E-state index contributed by atoms with van der Waals surface area (Å²) in [5, 5.41) is 7.26. The molecule has 0 saturated carbocycles. The summed E-state index contributed by atoms with van der Waals surface area (Å²) < 4.78 is 27.0. The van der Waals surface area contributed by atoms with E-state index in [-0.39, 0.29) is 28.1 Å². The molecule has 0 spiro atoms. The number of hydrogen-bond donors (Lipinski definition) is 2. The molecule has 0 unspecified atom stereocenters. The lowest BCUT2D eigenvalue weighted by Crippen LogP contribution is -2.42. The number of carbonyl (C=O) groups is 3. The van der Waals surface area contributed by atoms with Gasteiger partial charge in [-0.2, -0.15) is 0 Å². The Morgan fingerprint density at radius 1 is 0.889 bits per heavy atom. The maximum absolute atomic E-state index is 12.9. The summed E-state index contributed by atoms with van der Waals surface area (Å²) >= 11 is 6.29. The summed E-state index contributed by atoms with van der Waals surface area (Å²) in [4.78, 5) is 37.8. The van der Waals surface area contributed by atoms with Crippen molar-refractivity contribution in [3.63, 3.8) is 0 Å². The third-order valence-corrected chi connectivity index (χ3v) is 7.93. The molecule has 11 heteroatoms. The van der Waals surface area contributed by atoms with E-state index >= 15 is 0 Å². The normalized spacial score (nSPS) is 13.0. The number of amides is 2. The van der Waals surface area contributed by atoms with Crippen LogP contribution >= 0.6 is 19.2 Å². The van der Waals surface area contributed by atoms with E-state index in [0.29, 0.717) is 0 Å². The molecule has 2 atom stereocenters. The first-order valence-corrected chi connectivity index (χ1v) is 12.8. The molecule has 3 aromatic carbocycles. The Kier molecular flexibility index (Phi) is 8.87. The molecule has 190 valence electrons. The molecule has 0 heterocycles. The van der Waals surface area contributed by atoms with Gasteiger partial charge in [-0.15, -0.1) is 0 Å². The summed E-state index contributed by atoms with van der Waals surface area (Å²) in [5.41, 5.74) is 1.13. The second-order valence-corrected chi connectivity index (χ2v) is 10.5. The lowest BCUT2D eigenvalue weighted by atomic mass is 9.99. The molecule has 0 aliphatic heterocycles. The topological polar surface area (TPSA) is 120 Å². The molecule has 0 aliphatic carbocycles. The molecular weight excluding hydrogens is 507 g/mol. The lowest BCUT2D eigenvalue weighted by Gasteiger charge is -2.23. The Balaban J connectivity index is 1.79. The number of nitrogens with one attached hydrogen (secondary N) is 2. The van der Waals surface area contributed by atoms with Gasteiger partial charge >= 0.3 is 13.6 Å². The molecule has 0 aromatic heterocycles. The van der Waals surface area contributed by atoms with E-state index in [1.165, 1.54) is 18.2 Å². The highest BCUT2D eigenvalue weighted by Gasteiger charge is 2.42. The summed E-state index contributed by atoms with van der Waals surface area (Å²) in [6.45, 7) is 1.87. The summed E-state index contributed by atoms with van der Waals surface area (Å²) in [7, 11) is -0.838. The van der Waals surface area contributed by atoms with E-state index in [0.717, 1.165) is 37.7 Å². The second-order valence-electron chi connectivity index (χ2n) is 7.76. The van der Waals surface area contributed by atoms with Crippen LogP contribution in [-0.2, 0) is 23.1 Å². The van der Waals surface area contributed by atoms with Gasteiger partial charge in [0.05, 0.1) is 23.7 Å². The van der Waals surface area contributed by atoms with Crippen LogP contribution in [0, 0.1) is 0 Å². The summed E-state index contributed by atoms with van der Waals surface area (Å²) in [6, 6.07) is 17.5. The minimum Gasteiger partial charge on any atom is -0.467 e. The van der Waals surface area contributed by atoms with Crippen molar-refractivity contribution in [1.29, 1.82) is 0 Å². The molecule has 0 fully saturated rings. The van der Waals surface area contributed by atoms with E-state index in [1.54, 1.807) is 0 Å². The van der Waals surface area contributed by atoms with Gasteiger partial charge in [-0.25, -0.2) is 4.79 Å². The maximum Gasteiger partial charge on any atom is 0.363 e. The van der Waals surface area contributed by atoms with Crippen molar-refractivity contribution in [2.75, 3.05) is 21.3 Å². The number of hydrogen-bond acceptors (Lipinski definition) is 7. The first kappa shape index (κ1) is 27.4. The van der Waals surface area contributed by atoms with Crippen molar-refractivity contribution < 1.29 is 32.7 Å². The smallest absolute Gasteiger partial charge is 0.363 e. The highest BCUT2D eigenvalue weighted by molar-refractivity contribution is 7.55. The average Bonchev–Trinajstić information content (AvgIpc) is 2.90. The van der Waals surface area contributed by atoms with E-state index in [2.05, 4.69) is 15.4 Å². The number of methoxy groups -OCH3 is 1. The first-order chi connectivity index (χ1) is 17.1. The predicted molar refractivity (Wildman–Crippen MR) is 136 cm³/mol. The van der Waals surface area contributed by atoms with E-state index < -0.39 is 25.3 Å². The van der Waals surface area contributed by atoms with Crippen LogP contribution in [0.4, 0.5) is 0 Å². The zero-order chi connectivity index (χ0) is 26.5. The zero-order valence-corrected chi connectivity index (χ0v) is 21.8. The highest BCUT2D eigenvalue weighted by Crippen LogP contribution is 2.51. The zero-order valence-electron chi connectivity index (χ0n) is 20.1. The second kappa shape index (κ2) is 11.7. The Bertz CT molecular complexity index is 1330. The number of carbonyl (C=O) groups excluding carboxylic acids is 3. The molecule has 0 radical (unpaired) electrons. The van der Waals surface area contributed by atoms with Crippen molar-refractivity contribution in [2.24, 2.45) is 0 Å². The molecule has 9 nitrogen and oxygen atoms in total. The number of fused-ring (bicyclic) bond motifs is 1. The van der Waals surface area contributed by atoms with Crippen LogP contribution in [0.15, 0.2) is 60.7 Å². The van der Waals surface area contributed by atoms with Crippen LogP contribution in [0.25, 0.3) is 10.8 Å². The average molecular weight is 533 g/mol. The molecule has 3 aromatic rings. The molecule has 36 heavy (non-hydrogen) atoms. The fourth-order valence-corrected chi connectivity index (χ4v) is 5.17. The van der Waals surface area contributed by atoms with Crippen molar-refractivity contribution in [1.82, 2.24) is 10.6 Å². The van der Waals surface area contributed by atoms with Crippen LogP contribution in [0.2, 0.25) is 5.02 Å². The van der Waals surface area contributed by atoms with Gasteiger partial charge in [0.15, 0.2) is 0 Å². The number of esters is 1. The molecule has 3 rings (SSSR count). The number of benzene rings is 3. The van der Waals surface area contributed by atoms with E-state index in [1.807, 2.05) is 49.4 Å². The van der Waals surface area contributed by atoms with Gasteiger partial charge < -0.3 is 24.4 Å². The Labute approximate surface area is 213 Å². The van der Waals surface area contributed by atoms with Crippen molar-refractivity contribution in [2.45, 2.75) is 18.7 Å².